The predicted molar refractivity (Wildman–Crippen MR) is 158 cm³/mol. The fraction of sp³-hybridized carbons (Fsp3) is 0.345. The van der Waals surface area contributed by atoms with Crippen molar-refractivity contribution in [2.75, 3.05) is 0 Å². The third kappa shape index (κ3) is 6.31. The van der Waals surface area contributed by atoms with Crippen LogP contribution in [-0.4, -0.2) is 16.4 Å². The Morgan fingerprint density at radius 3 is 1.56 bits per heavy atom. The van der Waals surface area contributed by atoms with Gasteiger partial charge in [0.1, 0.15) is 5.69 Å². The molecule has 7 heteroatoms. The number of pyridine rings is 1. The lowest BCUT2D eigenvalue weighted by atomic mass is 9.86. The maximum atomic E-state index is 6.60. The van der Waals surface area contributed by atoms with Crippen LogP contribution in [-0.2, 0) is 10.8 Å². The monoisotopic (exact) mass is 561 g/mol. The molecule has 0 amide bonds. The van der Waals surface area contributed by atoms with Gasteiger partial charge in [-0.1, -0.05) is 112 Å². The lowest BCUT2D eigenvalue weighted by molar-refractivity contribution is 0.591. The van der Waals surface area contributed by atoms with Gasteiger partial charge in [-0.2, -0.15) is 0 Å². The van der Waals surface area contributed by atoms with Crippen LogP contribution in [0.15, 0.2) is 52.4 Å². The lowest BCUT2D eigenvalue weighted by Gasteiger charge is -2.22. The summed E-state index contributed by atoms with van der Waals surface area (Å²) in [4.78, 5) is 14.5. The summed E-state index contributed by atoms with van der Waals surface area (Å²) in [5, 5.41) is 1.83. The molecular weight excluding hydrogens is 532 g/mol. The van der Waals surface area contributed by atoms with Gasteiger partial charge in [0, 0.05) is 0 Å². The summed E-state index contributed by atoms with van der Waals surface area (Å²) in [5.41, 5.74) is 5.52. The molecule has 3 nitrogen and oxygen atoms in total. The van der Waals surface area contributed by atoms with Crippen LogP contribution in [0.1, 0.15) is 77.9 Å². The molecule has 190 valence electrons. The van der Waals surface area contributed by atoms with Gasteiger partial charge in [0.15, 0.2) is 0 Å². The number of halogens is 4. The van der Waals surface area contributed by atoms with E-state index in [0.29, 0.717) is 48.6 Å². The zero-order chi connectivity index (χ0) is 27.0. The molecular formula is C29H31Cl4N3. The molecule has 0 aliphatic carbocycles. The predicted octanol–water partition coefficient (Wildman–Crippen LogP) is 10.6. The number of benzene rings is 2. The van der Waals surface area contributed by atoms with Crippen molar-refractivity contribution in [3.8, 4) is 0 Å². The van der Waals surface area contributed by atoms with E-state index < -0.39 is 0 Å². The molecule has 0 spiro atoms. The Hall–Kier alpha value is -1.91. The molecule has 0 radical (unpaired) electrons. The van der Waals surface area contributed by atoms with Gasteiger partial charge in [-0.25, -0.2) is 15.0 Å². The number of hydrogen-bond donors (Lipinski definition) is 0. The van der Waals surface area contributed by atoms with Gasteiger partial charge < -0.3 is 0 Å². The third-order valence-corrected chi connectivity index (χ3v) is 7.16. The molecule has 2 aromatic carbocycles. The Morgan fingerprint density at radius 2 is 1.11 bits per heavy atom. The zero-order valence-electron chi connectivity index (χ0n) is 21.9. The molecule has 1 aromatic heterocycles. The molecule has 3 rings (SSSR count). The van der Waals surface area contributed by atoms with E-state index in [-0.39, 0.29) is 10.8 Å². The van der Waals surface area contributed by atoms with Crippen molar-refractivity contribution >= 4 is 69.2 Å². The van der Waals surface area contributed by atoms with Gasteiger partial charge in [-0.3, -0.25) is 0 Å². The lowest BCUT2D eigenvalue weighted by Crippen LogP contribution is -2.12. The summed E-state index contributed by atoms with van der Waals surface area (Å²) < 4.78 is 0. The molecule has 1 heterocycles. The van der Waals surface area contributed by atoms with Crippen LogP contribution in [0.4, 0.5) is 11.4 Å². The normalized spacial score (nSPS) is 13.3. The van der Waals surface area contributed by atoms with E-state index >= 15 is 0 Å². The Bertz CT molecular complexity index is 1360. The molecule has 0 saturated carbocycles. The summed E-state index contributed by atoms with van der Waals surface area (Å²) in [6.07, 6.45) is 0. The van der Waals surface area contributed by atoms with E-state index in [2.05, 4.69) is 41.5 Å². The minimum absolute atomic E-state index is 0.136. The topological polar surface area (TPSA) is 37.6 Å². The molecule has 3 aromatic rings. The number of hydrogen-bond acceptors (Lipinski definition) is 3. The van der Waals surface area contributed by atoms with E-state index in [0.717, 1.165) is 16.8 Å². The van der Waals surface area contributed by atoms with Crippen molar-refractivity contribution in [2.45, 2.75) is 66.2 Å². The summed E-state index contributed by atoms with van der Waals surface area (Å²) in [7, 11) is 0. The molecule has 0 aliphatic heterocycles. The molecule has 0 saturated heterocycles. The Kier molecular flexibility index (Phi) is 8.62. The Labute approximate surface area is 234 Å². The molecule has 0 bridgehead atoms. The van der Waals surface area contributed by atoms with E-state index in [1.807, 2.05) is 50.2 Å². The van der Waals surface area contributed by atoms with Crippen LogP contribution in [0.2, 0.25) is 20.1 Å². The highest BCUT2D eigenvalue weighted by Crippen LogP contribution is 2.39. The number of aliphatic imine (C=N–C) groups is 2. The van der Waals surface area contributed by atoms with Gasteiger partial charge in [-0.15, -0.1) is 0 Å². The maximum Gasteiger partial charge on any atom is 0.105 e. The minimum atomic E-state index is -0.149. The Balaban J connectivity index is 2.17. The van der Waals surface area contributed by atoms with Crippen LogP contribution >= 0.6 is 46.4 Å². The van der Waals surface area contributed by atoms with Crippen molar-refractivity contribution in [3.05, 3.63) is 85.1 Å². The highest BCUT2D eigenvalue weighted by Gasteiger charge is 2.22. The van der Waals surface area contributed by atoms with Gasteiger partial charge in [0.05, 0.1) is 48.6 Å². The Morgan fingerprint density at radius 1 is 0.667 bits per heavy atom. The minimum Gasteiger partial charge on any atom is -0.250 e. The van der Waals surface area contributed by atoms with Crippen molar-refractivity contribution in [2.24, 2.45) is 9.98 Å². The van der Waals surface area contributed by atoms with Crippen molar-refractivity contribution in [1.82, 2.24) is 4.98 Å². The number of aromatic nitrogens is 1. The van der Waals surface area contributed by atoms with Gasteiger partial charge in [0.2, 0.25) is 0 Å². The first-order valence-corrected chi connectivity index (χ1v) is 13.2. The maximum absolute atomic E-state index is 6.60. The van der Waals surface area contributed by atoms with E-state index in [9.17, 15) is 0 Å². The van der Waals surface area contributed by atoms with Gasteiger partial charge in [0.25, 0.3) is 0 Å². The van der Waals surface area contributed by atoms with Crippen molar-refractivity contribution in [1.29, 1.82) is 0 Å². The second-order valence-corrected chi connectivity index (χ2v) is 12.4. The first-order chi connectivity index (χ1) is 16.6. The van der Waals surface area contributed by atoms with Gasteiger partial charge in [-0.05, 0) is 54.0 Å². The molecule has 0 aliphatic rings. The van der Waals surface area contributed by atoms with Crippen LogP contribution in [0.25, 0.3) is 0 Å². The molecule has 0 atom stereocenters. The zero-order valence-corrected chi connectivity index (χ0v) is 24.9. The molecule has 0 fully saturated rings. The van der Waals surface area contributed by atoms with Crippen LogP contribution in [0.5, 0.6) is 0 Å². The van der Waals surface area contributed by atoms with Crippen molar-refractivity contribution in [3.63, 3.8) is 0 Å². The second-order valence-electron chi connectivity index (χ2n) is 10.8. The molecule has 0 N–H and O–H groups in total. The summed E-state index contributed by atoms with van der Waals surface area (Å²) in [6, 6.07) is 13.3. The standard InChI is InChI=1S/C29H31Cl4N3/c1-16(34-26-18(28(3,4)5)11-9-13-20(26)30)23-15-22(32)24(33)25(36-23)17(2)35-27-19(29(6,7)8)12-10-14-21(27)31/h9-15H,1-8H3. The average molecular weight is 563 g/mol. The van der Waals surface area contributed by atoms with Crippen LogP contribution < -0.4 is 0 Å². The average Bonchev–Trinajstić information content (AvgIpc) is 2.76. The van der Waals surface area contributed by atoms with Crippen LogP contribution in [0.3, 0.4) is 0 Å². The largest absolute Gasteiger partial charge is 0.250 e. The third-order valence-electron chi connectivity index (χ3n) is 5.78. The van der Waals surface area contributed by atoms with E-state index in [1.54, 1.807) is 6.07 Å². The smallest absolute Gasteiger partial charge is 0.105 e. The van der Waals surface area contributed by atoms with Crippen LogP contribution in [0, 0.1) is 0 Å². The summed E-state index contributed by atoms with van der Waals surface area (Å²) in [5.74, 6) is 0. The highest BCUT2D eigenvalue weighted by atomic mass is 35.5. The fourth-order valence-corrected chi connectivity index (χ4v) is 4.70. The first-order valence-electron chi connectivity index (χ1n) is 11.7. The fourth-order valence-electron chi connectivity index (χ4n) is 3.84. The number of rotatable bonds is 4. The number of nitrogens with zero attached hydrogens (tertiary/aromatic N) is 3. The van der Waals surface area contributed by atoms with Gasteiger partial charge >= 0.3 is 0 Å². The van der Waals surface area contributed by atoms with E-state index in [1.165, 1.54) is 0 Å². The highest BCUT2D eigenvalue weighted by molar-refractivity contribution is 6.44. The second kappa shape index (κ2) is 10.8. The summed E-state index contributed by atoms with van der Waals surface area (Å²) in [6.45, 7) is 16.5. The summed E-state index contributed by atoms with van der Waals surface area (Å²) >= 11 is 26.3. The molecule has 0 unspecified atom stereocenters. The first kappa shape index (κ1) is 28.7. The molecule has 36 heavy (non-hydrogen) atoms. The van der Waals surface area contributed by atoms with Crippen molar-refractivity contribution < 1.29 is 0 Å². The SMILES string of the molecule is CC(=Nc1c(Cl)cccc1C(C)(C)C)c1cc(Cl)c(Cl)c(C(C)=Nc2c(Cl)cccc2C(C)(C)C)n1. The van der Waals surface area contributed by atoms with E-state index in [4.69, 9.17) is 61.4 Å². The number of para-hydroxylation sites is 2. The quantitative estimate of drug-likeness (QED) is 0.291.